The molecule has 0 radical (unpaired) electrons. The van der Waals surface area contributed by atoms with E-state index < -0.39 is 10.7 Å². The van der Waals surface area contributed by atoms with Crippen LogP contribution >= 0.6 is 11.6 Å². The highest BCUT2D eigenvalue weighted by molar-refractivity contribution is 6.31. The molecule has 1 aliphatic carbocycles. The standard InChI is InChI=1S/C20H16ClFN4O4/c21-14-3-12(1-2-15(14)22)25-19-13-4-17(26(27)28)18(5-16(13)23-10-24-19)30-9-20-6-11(20)7-29-8-20/h1-5,10-11H,6-9H2,(H,23,24,25)/t11?,20-/m0/s1. The number of benzene rings is 2. The van der Waals surface area contributed by atoms with Crippen molar-refractivity contribution in [3.05, 3.63) is 57.6 Å². The summed E-state index contributed by atoms with van der Waals surface area (Å²) in [4.78, 5) is 19.6. The van der Waals surface area contributed by atoms with Crippen LogP contribution in [0.1, 0.15) is 6.42 Å². The first-order valence-corrected chi connectivity index (χ1v) is 9.69. The van der Waals surface area contributed by atoms with E-state index in [1.807, 2.05) is 0 Å². The van der Waals surface area contributed by atoms with Crippen LogP contribution in [0.25, 0.3) is 10.9 Å². The molecule has 0 bridgehead atoms. The molecule has 2 fully saturated rings. The maximum absolute atomic E-state index is 13.4. The molecule has 5 rings (SSSR count). The van der Waals surface area contributed by atoms with Crippen LogP contribution in [0.15, 0.2) is 36.7 Å². The van der Waals surface area contributed by atoms with Crippen LogP contribution in [-0.4, -0.2) is 34.7 Å². The molecule has 30 heavy (non-hydrogen) atoms. The van der Waals surface area contributed by atoms with Crippen LogP contribution in [0.2, 0.25) is 5.02 Å². The zero-order chi connectivity index (χ0) is 20.9. The number of nitrogens with zero attached hydrogens (tertiary/aromatic N) is 3. The number of nitro benzene ring substituents is 1. The summed E-state index contributed by atoms with van der Waals surface area (Å²) in [7, 11) is 0. The van der Waals surface area contributed by atoms with Gasteiger partial charge in [-0.3, -0.25) is 10.1 Å². The summed E-state index contributed by atoms with van der Waals surface area (Å²) in [6.45, 7) is 1.71. The van der Waals surface area contributed by atoms with Crippen LogP contribution < -0.4 is 10.1 Å². The molecule has 0 spiro atoms. The van der Waals surface area contributed by atoms with Gasteiger partial charge in [0.1, 0.15) is 18.0 Å². The van der Waals surface area contributed by atoms with E-state index in [0.717, 1.165) is 13.0 Å². The third-order valence-electron chi connectivity index (χ3n) is 5.68. The Kier molecular flexibility index (Phi) is 4.44. The van der Waals surface area contributed by atoms with Gasteiger partial charge in [-0.05, 0) is 30.5 Å². The molecular weight excluding hydrogens is 415 g/mol. The van der Waals surface area contributed by atoms with Crippen LogP contribution in [0.5, 0.6) is 5.75 Å². The van der Waals surface area contributed by atoms with Gasteiger partial charge < -0.3 is 14.8 Å². The molecule has 2 aliphatic rings. The molecule has 1 saturated heterocycles. The molecule has 1 N–H and O–H groups in total. The minimum atomic E-state index is -0.544. The van der Waals surface area contributed by atoms with E-state index in [-0.39, 0.29) is 21.9 Å². The average Bonchev–Trinajstić information content (AvgIpc) is 3.27. The second-order valence-electron chi connectivity index (χ2n) is 7.64. The van der Waals surface area contributed by atoms with E-state index in [1.165, 1.54) is 30.6 Å². The fourth-order valence-corrected chi connectivity index (χ4v) is 4.01. The molecule has 2 heterocycles. The summed E-state index contributed by atoms with van der Waals surface area (Å²) < 4.78 is 24.7. The monoisotopic (exact) mass is 430 g/mol. The lowest BCUT2D eigenvalue weighted by Crippen LogP contribution is -2.17. The smallest absolute Gasteiger partial charge is 0.311 e. The third-order valence-corrected chi connectivity index (χ3v) is 5.97. The number of nitrogens with one attached hydrogen (secondary N) is 1. The number of aromatic nitrogens is 2. The van der Waals surface area contributed by atoms with Crippen molar-refractivity contribution in [3.8, 4) is 5.75 Å². The normalized spacial score (nSPS) is 22.0. The van der Waals surface area contributed by atoms with Crippen molar-refractivity contribution < 1.29 is 18.8 Å². The first-order valence-electron chi connectivity index (χ1n) is 9.31. The van der Waals surface area contributed by atoms with E-state index in [2.05, 4.69) is 15.3 Å². The lowest BCUT2D eigenvalue weighted by Gasteiger charge is -2.14. The molecule has 10 heteroatoms. The number of rotatable bonds is 6. The van der Waals surface area contributed by atoms with Gasteiger partial charge in [0.05, 0.1) is 40.7 Å². The Bertz CT molecular complexity index is 1180. The quantitative estimate of drug-likeness (QED) is 0.454. The molecule has 1 unspecified atom stereocenters. The molecule has 1 aromatic heterocycles. The van der Waals surface area contributed by atoms with Gasteiger partial charge in [0.15, 0.2) is 5.75 Å². The molecule has 1 saturated carbocycles. The Morgan fingerprint density at radius 1 is 1.37 bits per heavy atom. The largest absolute Gasteiger partial charge is 0.486 e. The van der Waals surface area contributed by atoms with Crippen molar-refractivity contribution in [1.82, 2.24) is 9.97 Å². The number of nitro groups is 1. The lowest BCUT2D eigenvalue weighted by atomic mass is 10.1. The Balaban J connectivity index is 1.48. The Morgan fingerprint density at radius 3 is 2.93 bits per heavy atom. The summed E-state index contributed by atoms with van der Waals surface area (Å²) in [6, 6.07) is 7.05. The van der Waals surface area contributed by atoms with Gasteiger partial charge in [-0.15, -0.1) is 0 Å². The minimum absolute atomic E-state index is 0.0247. The SMILES string of the molecule is O=[N+]([O-])c1cc2c(Nc3ccc(F)c(Cl)c3)ncnc2cc1OC[C@]12COCC1C2. The van der Waals surface area contributed by atoms with Crippen molar-refractivity contribution in [1.29, 1.82) is 0 Å². The van der Waals surface area contributed by atoms with Crippen molar-refractivity contribution in [2.24, 2.45) is 11.3 Å². The second-order valence-corrected chi connectivity index (χ2v) is 8.04. The zero-order valence-electron chi connectivity index (χ0n) is 15.6. The number of hydrogen-bond donors (Lipinski definition) is 1. The molecular formula is C20H16ClFN4O4. The van der Waals surface area contributed by atoms with E-state index in [1.54, 1.807) is 6.07 Å². The fraction of sp³-hybridized carbons (Fsp3) is 0.300. The first-order chi connectivity index (χ1) is 14.4. The van der Waals surface area contributed by atoms with Gasteiger partial charge >= 0.3 is 5.69 Å². The number of hydrogen-bond acceptors (Lipinski definition) is 7. The second kappa shape index (κ2) is 7.03. The number of ether oxygens (including phenoxy) is 2. The van der Waals surface area contributed by atoms with E-state index in [9.17, 15) is 14.5 Å². The lowest BCUT2D eigenvalue weighted by molar-refractivity contribution is -0.385. The average molecular weight is 431 g/mol. The van der Waals surface area contributed by atoms with Crippen LogP contribution in [0.3, 0.4) is 0 Å². The maximum Gasteiger partial charge on any atom is 0.311 e. The third kappa shape index (κ3) is 3.29. The van der Waals surface area contributed by atoms with Gasteiger partial charge in [-0.25, -0.2) is 14.4 Å². The molecule has 8 nitrogen and oxygen atoms in total. The number of anilines is 2. The van der Waals surface area contributed by atoms with Gasteiger partial charge in [0, 0.05) is 23.2 Å². The predicted molar refractivity (Wildman–Crippen MR) is 108 cm³/mol. The molecule has 2 aromatic carbocycles. The molecule has 3 aromatic rings. The van der Waals surface area contributed by atoms with Crippen molar-refractivity contribution in [2.45, 2.75) is 6.42 Å². The van der Waals surface area contributed by atoms with Crippen LogP contribution in [-0.2, 0) is 4.74 Å². The highest BCUT2D eigenvalue weighted by Gasteiger charge is 2.59. The summed E-state index contributed by atoms with van der Waals surface area (Å²) in [5, 5.41) is 15.1. The van der Waals surface area contributed by atoms with E-state index in [0.29, 0.717) is 41.5 Å². The summed E-state index contributed by atoms with van der Waals surface area (Å²) >= 11 is 5.83. The number of fused-ring (bicyclic) bond motifs is 2. The summed E-state index contributed by atoms with van der Waals surface area (Å²) in [5.41, 5.74) is 0.770. The van der Waals surface area contributed by atoms with Crippen LogP contribution in [0.4, 0.5) is 21.6 Å². The fourth-order valence-electron chi connectivity index (χ4n) is 3.83. The van der Waals surface area contributed by atoms with E-state index in [4.69, 9.17) is 21.1 Å². The van der Waals surface area contributed by atoms with Gasteiger partial charge in [-0.2, -0.15) is 0 Å². The van der Waals surface area contributed by atoms with Gasteiger partial charge in [0.2, 0.25) is 0 Å². The predicted octanol–water partition coefficient (Wildman–Crippen LogP) is 4.49. The molecule has 0 amide bonds. The topological polar surface area (TPSA) is 99.4 Å². The Hall–Kier alpha value is -3.04. The van der Waals surface area contributed by atoms with E-state index >= 15 is 0 Å². The minimum Gasteiger partial charge on any atom is -0.486 e. The highest BCUT2D eigenvalue weighted by atomic mass is 35.5. The molecule has 1 aliphatic heterocycles. The van der Waals surface area contributed by atoms with Gasteiger partial charge in [-0.1, -0.05) is 11.6 Å². The van der Waals surface area contributed by atoms with Crippen LogP contribution in [0, 0.1) is 27.3 Å². The van der Waals surface area contributed by atoms with Gasteiger partial charge in [0.25, 0.3) is 0 Å². The zero-order valence-corrected chi connectivity index (χ0v) is 16.4. The molecule has 154 valence electrons. The Morgan fingerprint density at radius 2 is 2.23 bits per heavy atom. The maximum atomic E-state index is 13.4. The van der Waals surface area contributed by atoms with Crippen molar-refractivity contribution in [3.63, 3.8) is 0 Å². The Labute approximate surface area is 175 Å². The molecule has 2 atom stereocenters. The summed E-state index contributed by atoms with van der Waals surface area (Å²) in [6.07, 6.45) is 2.36. The first kappa shape index (κ1) is 19.0. The van der Waals surface area contributed by atoms with Crippen molar-refractivity contribution >= 4 is 39.7 Å². The highest BCUT2D eigenvalue weighted by Crippen LogP contribution is 2.57. The summed E-state index contributed by atoms with van der Waals surface area (Å²) in [5.74, 6) is 0.422. The number of halogens is 2. The van der Waals surface area contributed by atoms with Crippen molar-refractivity contribution in [2.75, 3.05) is 25.1 Å².